The highest BCUT2D eigenvalue weighted by atomic mass is 19.4. The van der Waals surface area contributed by atoms with E-state index in [1.807, 2.05) is 0 Å². The SMILES string of the molecule is O=C1C=c2cc(-c3ccccc3)c(C(F)(F)F)cc2=N1. The van der Waals surface area contributed by atoms with E-state index in [0.29, 0.717) is 10.8 Å². The molecule has 0 unspecified atom stereocenters. The molecule has 2 nitrogen and oxygen atoms in total. The lowest BCUT2D eigenvalue weighted by atomic mass is 9.98. The second-order valence-corrected chi connectivity index (χ2v) is 4.41. The molecule has 0 aromatic heterocycles. The molecule has 3 rings (SSSR count). The lowest BCUT2D eigenvalue weighted by Crippen LogP contribution is -2.25. The topological polar surface area (TPSA) is 29.4 Å². The molecule has 0 bridgehead atoms. The van der Waals surface area contributed by atoms with Crippen LogP contribution in [0.5, 0.6) is 0 Å². The van der Waals surface area contributed by atoms with Crippen molar-refractivity contribution in [1.82, 2.24) is 0 Å². The number of fused-ring (bicyclic) bond motifs is 1. The summed E-state index contributed by atoms with van der Waals surface area (Å²) in [6, 6.07) is 10.6. The van der Waals surface area contributed by atoms with Gasteiger partial charge in [-0.2, -0.15) is 13.2 Å². The third kappa shape index (κ3) is 2.11. The Bertz CT molecular complexity index is 807. The van der Waals surface area contributed by atoms with Gasteiger partial charge in [0.1, 0.15) is 0 Å². The first-order valence-electron chi connectivity index (χ1n) is 5.86. The third-order valence-electron chi connectivity index (χ3n) is 3.07. The number of hydrogen-bond donors (Lipinski definition) is 0. The summed E-state index contributed by atoms with van der Waals surface area (Å²) in [4.78, 5) is 14.8. The summed E-state index contributed by atoms with van der Waals surface area (Å²) < 4.78 is 39.5. The van der Waals surface area contributed by atoms with Crippen molar-refractivity contribution in [3.8, 4) is 11.1 Å². The Labute approximate surface area is 111 Å². The minimum absolute atomic E-state index is 0.0537. The predicted octanol–water partition coefficient (Wildman–Crippen LogP) is 2.31. The second-order valence-electron chi connectivity index (χ2n) is 4.41. The van der Waals surface area contributed by atoms with E-state index >= 15 is 0 Å². The minimum atomic E-state index is -4.50. The maximum absolute atomic E-state index is 13.2. The first kappa shape index (κ1) is 12.6. The normalized spacial score (nSPS) is 13.7. The Hall–Kier alpha value is -2.43. The molecule has 0 saturated carbocycles. The zero-order valence-corrected chi connectivity index (χ0v) is 10.1. The fourth-order valence-electron chi connectivity index (χ4n) is 2.19. The Balaban J connectivity index is 2.35. The molecule has 1 amide bonds. The number of nitrogens with zero attached hydrogens (tertiary/aromatic N) is 1. The van der Waals surface area contributed by atoms with Gasteiger partial charge in [0.15, 0.2) is 0 Å². The van der Waals surface area contributed by atoms with Crippen LogP contribution in [0.15, 0.2) is 47.5 Å². The Kier molecular flexibility index (Phi) is 2.71. The molecular weight excluding hydrogens is 267 g/mol. The summed E-state index contributed by atoms with van der Waals surface area (Å²) >= 11 is 0. The highest BCUT2D eigenvalue weighted by Gasteiger charge is 2.34. The van der Waals surface area contributed by atoms with Gasteiger partial charge in [-0.1, -0.05) is 30.3 Å². The van der Waals surface area contributed by atoms with Gasteiger partial charge in [0, 0.05) is 11.3 Å². The molecule has 1 aliphatic heterocycles. The average Bonchev–Trinajstić information content (AvgIpc) is 2.76. The molecule has 5 heteroatoms. The summed E-state index contributed by atoms with van der Waals surface area (Å²) in [7, 11) is 0. The van der Waals surface area contributed by atoms with Crippen LogP contribution in [0.2, 0.25) is 0 Å². The summed E-state index contributed by atoms with van der Waals surface area (Å²) in [5.74, 6) is -0.529. The zero-order valence-electron chi connectivity index (χ0n) is 10.1. The smallest absolute Gasteiger partial charge is 0.267 e. The van der Waals surface area contributed by atoms with Gasteiger partial charge in [-0.25, -0.2) is 4.99 Å². The summed E-state index contributed by atoms with van der Waals surface area (Å²) in [5, 5.41) is 0.490. The van der Waals surface area contributed by atoms with Crippen LogP contribution in [0, 0.1) is 0 Å². The van der Waals surface area contributed by atoms with Gasteiger partial charge in [-0.05, 0) is 23.3 Å². The summed E-state index contributed by atoms with van der Waals surface area (Å²) in [6.45, 7) is 0. The molecule has 0 fully saturated rings. The van der Waals surface area contributed by atoms with E-state index in [2.05, 4.69) is 4.99 Å². The van der Waals surface area contributed by atoms with Gasteiger partial charge >= 0.3 is 6.18 Å². The van der Waals surface area contributed by atoms with E-state index in [0.717, 1.165) is 6.07 Å². The molecule has 0 N–H and O–H groups in total. The summed E-state index contributed by atoms with van der Waals surface area (Å²) in [6.07, 6.45) is -3.26. The van der Waals surface area contributed by atoms with Crippen LogP contribution in [0.25, 0.3) is 17.2 Å². The van der Waals surface area contributed by atoms with Crippen molar-refractivity contribution < 1.29 is 18.0 Å². The van der Waals surface area contributed by atoms with Crippen LogP contribution in [-0.2, 0) is 11.0 Å². The van der Waals surface area contributed by atoms with E-state index in [4.69, 9.17) is 0 Å². The molecule has 0 aliphatic carbocycles. The van der Waals surface area contributed by atoms with E-state index in [1.54, 1.807) is 30.3 Å². The Morgan fingerprint density at radius 3 is 2.35 bits per heavy atom. The van der Waals surface area contributed by atoms with Crippen LogP contribution in [-0.4, -0.2) is 5.91 Å². The van der Waals surface area contributed by atoms with Crippen molar-refractivity contribution in [1.29, 1.82) is 0 Å². The Morgan fingerprint density at radius 1 is 1.00 bits per heavy atom. The molecular formula is C15H8F3NO. The number of alkyl halides is 3. The fraction of sp³-hybridized carbons (Fsp3) is 0.0667. The zero-order chi connectivity index (χ0) is 14.3. The maximum atomic E-state index is 13.2. The standard InChI is InChI=1S/C15H8F3NO/c16-15(17,18)12-8-13-10(7-14(20)19-13)6-11(12)9-4-2-1-3-5-9/h1-8H. The number of halogens is 3. The molecule has 1 heterocycles. The molecule has 2 aromatic carbocycles. The van der Waals surface area contributed by atoms with E-state index < -0.39 is 17.6 Å². The van der Waals surface area contributed by atoms with Crippen LogP contribution in [0.3, 0.4) is 0 Å². The lowest BCUT2D eigenvalue weighted by Gasteiger charge is -2.12. The summed E-state index contributed by atoms with van der Waals surface area (Å²) in [5.41, 5.74) is -0.275. The van der Waals surface area contributed by atoms with Crippen LogP contribution in [0.4, 0.5) is 13.2 Å². The van der Waals surface area contributed by atoms with Gasteiger partial charge in [0.25, 0.3) is 5.91 Å². The van der Waals surface area contributed by atoms with Crippen molar-refractivity contribution >= 4 is 12.0 Å². The predicted molar refractivity (Wildman–Crippen MR) is 67.1 cm³/mol. The molecule has 100 valence electrons. The van der Waals surface area contributed by atoms with Gasteiger partial charge in [-0.15, -0.1) is 0 Å². The number of carbonyl (C=O) groups is 1. The number of benzene rings is 2. The first-order valence-corrected chi connectivity index (χ1v) is 5.86. The number of hydrogen-bond acceptors (Lipinski definition) is 1. The first-order chi connectivity index (χ1) is 9.45. The van der Waals surface area contributed by atoms with Gasteiger partial charge < -0.3 is 0 Å². The third-order valence-corrected chi connectivity index (χ3v) is 3.07. The van der Waals surface area contributed by atoms with Crippen molar-refractivity contribution in [2.45, 2.75) is 6.18 Å². The molecule has 1 aliphatic rings. The van der Waals surface area contributed by atoms with E-state index in [1.165, 1.54) is 12.1 Å². The molecule has 0 atom stereocenters. The van der Waals surface area contributed by atoms with E-state index in [9.17, 15) is 18.0 Å². The van der Waals surface area contributed by atoms with Crippen molar-refractivity contribution in [2.75, 3.05) is 0 Å². The maximum Gasteiger partial charge on any atom is 0.417 e. The van der Waals surface area contributed by atoms with Crippen LogP contribution < -0.4 is 10.6 Å². The Morgan fingerprint density at radius 2 is 1.70 bits per heavy atom. The number of carbonyl (C=O) groups excluding carboxylic acids is 1. The van der Waals surface area contributed by atoms with Crippen LogP contribution in [0.1, 0.15) is 5.56 Å². The number of rotatable bonds is 1. The average molecular weight is 275 g/mol. The van der Waals surface area contributed by atoms with E-state index in [-0.39, 0.29) is 10.9 Å². The monoisotopic (exact) mass is 275 g/mol. The molecule has 0 saturated heterocycles. The number of amides is 1. The highest BCUT2D eigenvalue weighted by molar-refractivity contribution is 6.06. The van der Waals surface area contributed by atoms with Crippen molar-refractivity contribution in [3.63, 3.8) is 0 Å². The van der Waals surface area contributed by atoms with Gasteiger partial charge in [0.05, 0.1) is 10.9 Å². The molecule has 0 radical (unpaired) electrons. The second kappa shape index (κ2) is 4.30. The minimum Gasteiger partial charge on any atom is -0.267 e. The van der Waals surface area contributed by atoms with Gasteiger partial charge in [0.2, 0.25) is 0 Å². The van der Waals surface area contributed by atoms with Crippen LogP contribution >= 0.6 is 0 Å². The quantitative estimate of drug-likeness (QED) is 0.785. The molecule has 20 heavy (non-hydrogen) atoms. The fourth-order valence-corrected chi connectivity index (χ4v) is 2.19. The van der Waals surface area contributed by atoms with Gasteiger partial charge in [-0.3, -0.25) is 4.79 Å². The lowest BCUT2D eigenvalue weighted by molar-refractivity contribution is -0.137. The molecule has 0 spiro atoms. The highest BCUT2D eigenvalue weighted by Crippen LogP contribution is 2.35. The van der Waals surface area contributed by atoms with Crippen molar-refractivity contribution in [2.24, 2.45) is 4.99 Å². The molecule has 2 aromatic rings. The van der Waals surface area contributed by atoms with Crippen molar-refractivity contribution in [3.05, 3.63) is 58.6 Å². The largest absolute Gasteiger partial charge is 0.417 e.